The molecule has 1 N–H and O–H groups in total. The van der Waals surface area contributed by atoms with Crippen LogP contribution in [0.3, 0.4) is 0 Å². The molecule has 1 aromatic rings. The number of phenols is 1. The van der Waals surface area contributed by atoms with Crippen molar-refractivity contribution in [3.63, 3.8) is 0 Å². The fourth-order valence-electron chi connectivity index (χ4n) is 1.89. The van der Waals surface area contributed by atoms with E-state index >= 15 is 0 Å². The minimum Gasteiger partial charge on any atom is -0.507 e. The second-order valence-electron chi connectivity index (χ2n) is 4.98. The minimum absolute atomic E-state index is 0.0123. The molecule has 1 rings (SSSR count). The molecule has 5 nitrogen and oxygen atoms in total. The van der Waals surface area contributed by atoms with Crippen molar-refractivity contribution in [3.8, 4) is 11.5 Å². The average molecular weight is 280 g/mol. The van der Waals surface area contributed by atoms with Gasteiger partial charge in [-0.15, -0.1) is 0 Å². The number of carbonyl (C=O) groups excluding carboxylic acids is 1. The molecule has 0 aliphatic heterocycles. The van der Waals surface area contributed by atoms with Gasteiger partial charge in [0.25, 0.3) is 5.91 Å². The lowest BCUT2D eigenvalue weighted by atomic mass is 10.1. The van der Waals surface area contributed by atoms with Crippen LogP contribution in [0.15, 0.2) is 18.2 Å². The number of methoxy groups -OCH3 is 1. The Balaban J connectivity index is 2.93. The van der Waals surface area contributed by atoms with Gasteiger partial charge in [0.2, 0.25) is 0 Å². The molecule has 0 unspecified atom stereocenters. The Labute approximate surface area is 120 Å². The molecule has 20 heavy (non-hydrogen) atoms. The number of phenolic OH excluding ortho intramolecular Hbond substituents is 1. The third kappa shape index (κ3) is 4.42. The molecule has 0 aromatic heterocycles. The number of hydrogen-bond acceptors (Lipinski definition) is 4. The third-order valence-corrected chi connectivity index (χ3v) is 3.03. The molecule has 0 aliphatic carbocycles. The van der Waals surface area contributed by atoms with E-state index in [1.54, 1.807) is 17.0 Å². The lowest BCUT2D eigenvalue weighted by molar-refractivity contribution is 0.0741. The van der Waals surface area contributed by atoms with E-state index in [2.05, 4.69) is 0 Å². The Morgan fingerprint density at radius 3 is 2.50 bits per heavy atom. The minimum atomic E-state index is -0.162. The highest BCUT2D eigenvalue weighted by molar-refractivity contribution is 5.97. The van der Waals surface area contributed by atoms with E-state index in [1.807, 2.05) is 25.9 Å². The summed E-state index contributed by atoms with van der Waals surface area (Å²) in [6.45, 7) is 4.12. The van der Waals surface area contributed by atoms with Crippen molar-refractivity contribution in [2.24, 2.45) is 0 Å². The largest absolute Gasteiger partial charge is 0.507 e. The second kappa shape index (κ2) is 7.75. The molecule has 0 saturated heterocycles. The van der Waals surface area contributed by atoms with E-state index in [4.69, 9.17) is 4.74 Å². The normalized spacial score (nSPS) is 10.7. The van der Waals surface area contributed by atoms with Crippen LogP contribution in [0.2, 0.25) is 0 Å². The quantitative estimate of drug-likeness (QED) is 0.827. The molecule has 5 heteroatoms. The highest BCUT2D eigenvalue weighted by Crippen LogP contribution is 2.24. The molecule has 0 bridgehead atoms. The maximum Gasteiger partial charge on any atom is 0.257 e. The summed E-state index contributed by atoms with van der Waals surface area (Å²) in [4.78, 5) is 16.3. The molecule has 0 fully saturated rings. The number of likely N-dealkylation sites (N-methyl/N-ethyl adjacent to an activating group) is 1. The van der Waals surface area contributed by atoms with Crippen molar-refractivity contribution in [3.05, 3.63) is 23.8 Å². The number of aromatic hydroxyl groups is 1. The molecule has 1 aromatic carbocycles. The molecule has 0 aliphatic rings. The second-order valence-corrected chi connectivity index (χ2v) is 4.98. The van der Waals surface area contributed by atoms with Crippen LogP contribution < -0.4 is 4.74 Å². The fraction of sp³-hybridized carbons (Fsp3) is 0.533. The zero-order chi connectivity index (χ0) is 15.1. The van der Waals surface area contributed by atoms with Gasteiger partial charge in [0.15, 0.2) is 0 Å². The monoisotopic (exact) mass is 280 g/mol. The van der Waals surface area contributed by atoms with Crippen LogP contribution in [-0.2, 0) is 0 Å². The number of rotatable bonds is 7. The van der Waals surface area contributed by atoms with Crippen LogP contribution in [0, 0.1) is 0 Å². The molecule has 0 spiro atoms. The van der Waals surface area contributed by atoms with E-state index < -0.39 is 0 Å². The summed E-state index contributed by atoms with van der Waals surface area (Å²) in [5, 5.41) is 9.88. The van der Waals surface area contributed by atoms with Gasteiger partial charge in [-0.3, -0.25) is 4.79 Å². The van der Waals surface area contributed by atoms with E-state index in [0.717, 1.165) is 13.0 Å². The predicted molar refractivity (Wildman–Crippen MR) is 79.4 cm³/mol. The summed E-state index contributed by atoms with van der Waals surface area (Å²) in [5.41, 5.74) is 0.288. The van der Waals surface area contributed by atoms with Crippen LogP contribution in [0.4, 0.5) is 0 Å². The van der Waals surface area contributed by atoms with Crippen molar-refractivity contribution in [1.82, 2.24) is 9.80 Å². The maximum atomic E-state index is 12.5. The Hall–Kier alpha value is -1.75. The highest BCUT2D eigenvalue weighted by atomic mass is 16.5. The lowest BCUT2D eigenvalue weighted by Gasteiger charge is -2.24. The van der Waals surface area contributed by atoms with E-state index in [0.29, 0.717) is 18.8 Å². The predicted octanol–water partition coefficient (Wildman–Crippen LogP) is 1.81. The molecule has 112 valence electrons. The first kappa shape index (κ1) is 16.3. The van der Waals surface area contributed by atoms with Gasteiger partial charge in [-0.25, -0.2) is 0 Å². The van der Waals surface area contributed by atoms with Crippen LogP contribution >= 0.6 is 0 Å². The molecule has 0 atom stereocenters. The summed E-state index contributed by atoms with van der Waals surface area (Å²) >= 11 is 0. The number of ether oxygens (including phenoxy) is 1. The topological polar surface area (TPSA) is 53.0 Å². The first-order valence-electron chi connectivity index (χ1n) is 6.80. The number of carbonyl (C=O) groups is 1. The lowest BCUT2D eigenvalue weighted by Crippen LogP contribution is -2.37. The number of benzene rings is 1. The highest BCUT2D eigenvalue weighted by Gasteiger charge is 2.19. The average Bonchev–Trinajstić information content (AvgIpc) is 2.43. The van der Waals surface area contributed by atoms with E-state index in [-0.39, 0.29) is 17.2 Å². The smallest absolute Gasteiger partial charge is 0.257 e. The molecular formula is C15H24N2O3. The van der Waals surface area contributed by atoms with Crippen LogP contribution in [0.25, 0.3) is 0 Å². The van der Waals surface area contributed by atoms with Gasteiger partial charge in [0.1, 0.15) is 11.5 Å². The van der Waals surface area contributed by atoms with Gasteiger partial charge in [0.05, 0.1) is 12.7 Å². The van der Waals surface area contributed by atoms with Gasteiger partial charge in [-0.1, -0.05) is 6.92 Å². The van der Waals surface area contributed by atoms with Crippen molar-refractivity contribution < 1.29 is 14.6 Å². The van der Waals surface area contributed by atoms with Gasteiger partial charge >= 0.3 is 0 Å². The van der Waals surface area contributed by atoms with Crippen molar-refractivity contribution in [2.45, 2.75) is 13.3 Å². The zero-order valence-corrected chi connectivity index (χ0v) is 12.7. The van der Waals surface area contributed by atoms with E-state index in [1.165, 1.54) is 13.2 Å². The van der Waals surface area contributed by atoms with Crippen LogP contribution in [0.1, 0.15) is 23.7 Å². The molecule has 0 saturated carbocycles. The Kier molecular flexibility index (Phi) is 6.31. The SMILES string of the molecule is CCCN(CCN(C)C)C(=O)c1cc(OC)ccc1O. The van der Waals surface area contributed by atoms with Gasteiger partial charge in [-0.05, 0) is 38.7 Å². The first-order chi connectivity index (χ1) is 9.49. The molecule has 0 radical (unpaired) electrons. The number of nitrogens with zero attached hydrogens (tertiary/aromatic N) is 2. The molecule has 1 amide bonds. The van der Waals surface area contributed by atoms with E-state index in [9.17, 15) is 9.90 Å². The number of amides is 1. The molecular weight excluding hydrogens is 256 g/mol. The summed E-state index contributed by atoms with van der Waals surface area (Å²) < 4.78 is 5.11. The summed E-state index contributed by atoms with van der Waals surface area (Å²) in [7, 11) is 5.48. The van der Waals surface area contributed by atoms with Gasteiger partial charge in [0, 0.05) is 19.6 Å². The third-order valence-electron chi connectivity index (χ3n) is 3.03. The summed E-state index contributed by atoms with van der Waals surface area (Å²) in [5.74, 6) is 0.391. The zero-order valence-electron chi connectivity index (χ0n) is 12.7. The Morgan fingerprint density at radius 1 is 1.25 bits per heavy atom. The Morgan fingerprint density at radius 2 is 1.95 bits per heavy atom. The van der Waals surface area contributed by atoms with Crippen molar-refractivity contribution >= 4 is 5.91 Å². The van der Waals surface area contributed by atoms with Crippen molar-refractivity contribution in [2.75, 3.05) is 40.8 Å². The fourth-order valence-corrected chi connectivity index (χ4v) is 1.89. The maximum absolute atomic E-state index is 12.5. The first-order valence-corrected chi connectivity index (χ1v) is 6.80. The van der Waals surface area contributed by atoms with Crippen molar-refractivity contribution in [1.29, 1.82) is 0 Å². The summed E-state index contributed by atoms with van der Waals surface area (Å²) in [6.07, 6.45) is 0.879. The Bertz CT molecular complexity index is 447. The standard InChI is InChI=1S/C15H24N2O3/c1-5-8-17(10-9-16(2)3)15(19)13-11-12(20-4)6-7-14(13)18/h6-7,11,18H,5,8-10H2,1-4H3. The molecule has 0 heterocycles. The van der Waals surface area contributed by atoms with Gasteiger partial charge in [-0.2, -0.15) is 0 Å². The van der Waals surface area contributed by atoms with Gasteiger partial charge < -0.3 is 19.6 Å². The van der Waals surface area contributed by atoms with Crippen LogP contribution in [0.5, 0.6) is 11.5 Å². The number of hydrogen-bond donors (Lipinski definition) is 1. The van der Waals surface area contributed by atoms with Crippen LogP contribution in [-0.4, -0.2) is 61.7 Å². The summed E-state index contributed by atoms with van der Waals surface area (Å²) in [6, 6.07) is 4.70.